The Balaban J connectivity index is 2.16. The highest BCUT2D eigenvalue weighted by molar-refractivity contribution is 5.88. The fourth-order valence-electron chi connectivity index (χ4n) is 1.57. The van der Waals surface area contributed by atoms with Gasteiger partial charge in [-0.2, -0.15) is 0 Å². The fraction of sp³-hybridized carbons (Fsp3) is 0. The Labute approximate surface area is 89.3 Å². The Morgan fingerprint density at radius 1 is 1.12 bits per heavy atom. The second kappa shape index (κ2) is 3.06. The molecule has 3 heterocycles. The van der Waals surface area contributed by atoms with Crippen LogP contribution in [0.1, 0.15) is 0 Å². The van der Waals surface area contributed by atoms with E-state index in [1.54, 1.807) is 12.1 Å². The van der Waals surface area contributed by atoms with Crippen LogP contribution in [0.25, 0.3) is 11.4 Å². The van der Waals surface area contributed by atoms with Crippen LogP contribution in [0.5, 0.6) is 0 Å². The van der Waals surface area contributed by atoms with Gasteiger partial charge in [0.2, 0.25) is 0 Å². The van der Waals surface area contributed by atoms with Gasteiger partial charge in [0.05, 0.1) is 17.6 Å². The first-order valence-corrected chi connectivity index (χ1v) is 4.55. The highest BCUT2D eigenvalue weighted by Gasteiger charge is 2.21. The summed E-state index contributed by atoms with van der Waals surface area (Å²) in [5.41, 5.74) is 1.07. The van der Waals surface area contributed by atoms with Crippen molar-refractivity contribution in [3.8, 4) is 11.4 Å². The van der Waals surface area contributed by atoms with Crippen LogP contribution >= 0.6 is 0 Å². The Bertz CT molecular complexity index is 600. The predicted molar refractivity (Wildman–Crippen MR) is 52.9 cm³/mol. The maximum atomic E-state index is 12.7. The molecule has 1 amide bonds. The Hall–Kier alpha value is -2.37. The Kier molecular flexibility index (Phi) is 1.70. The second-order valence-corrected chi connectivity index (χ2v) is 3.26. The topological polar surface area (TPSA) is 59.6 Å². The van der Waals surface area contributed by atoms with E-state index >= 15 is 0 Å². The average molecular weight is 216 g/mol. The molecule has 0 atom stereocenters. The lowest BCUT2D eigenvalue weighted by molar-refractivity contribution is 0.252. The Morgan fingerprint density at radius 2 is 2.00 bits per heavy atom. The number of amides is 1. The molecular weight excluding hydrogens is 211 g/mol. The quantitative estimate of drug-likeness (QED) is 0.735. The lowest BCUT2D eigenvalue weighted by Gasteiger charge is -2.01. The summed E-state index contributed by atoms with van der Waals surface area (Å²) in [7, 11) is 0. The van der Waals surface area contributed by atoms with Crippen LogP contribution in [0.3, 0.4) is 0 Å². The van der Waals surface area contributed by atoms with E-state index in [2.05, 4.69) is 15.2 Å². The van der Waals surface area contributed by atoms with Gasteiger partial charge >= 0.3 is 6.03 Å². The molecule has 1 aliphatic heterocycles. The molecule has 0 radical (unpaired) electrons. The largest absolute Gasteiger partial charge is 0.372 e. The third kappa shape index (κ3) is 1.16. The second-order valence-electron chi connectivity index (χ2n) is 3.26. The summed E-state index contributed by atoms with van der Waals surface area (Å²) in [6, 6.07) is 5.70. The summed E-state index contributed by atoms with van der Waals surface area (Å²) < 4.78 is 14.0. The van der Waals surface area contributed by atoms with E-state index in [0.29, 0.717) is 17.2 Å². The van der Waals surface area contributed by atoms with E-state index in [1.807, 2.05) is 0 Å². The SMILES string of the molecule is O=C1N=Nc2ccc(-c3ccc(F)cn3)n21. The molecule has 5 nitrogen and oxygen atoms in total. The number of hydrogen-bond acceptors (Lipinski definition) is 3. The van der Waals surface area contributed by atoms with Gasteiger partial charge in [-0.25, -0.2) is 13.8 Å². The van der Waals surface area contributed by atoms with E-state index in [9.17, 15) is 9.18 Å². The normalized spacial score (nSPS) is 13.2. The third-order valence-corrected chi connectivity index (χ3v) is 2.28. The monoisotopic (exact) mass is 216 g/mol. The van der Waals surface area contributed by atoms with E-state index in [4.69, 9.17) is 0 Å². The van der Waals surface area contributed by atoms with Crippen LogP contribution in [0.2, 0.25) is 0 Å². The predicted octanol–water partition coefficient (Wildman–Crippen LogP) is 2.75. The number of nitrogens with zero attached hydrogens (tertiary/aromatic N) is 4. The lowest BCUT2D eigenvalue weighted by Crippen LogP contribution is -2.03. The van der Waals surface area contributed by atoms with E-state index in [-0.39, 0.29) is 0 Å². The standard InChI is InChI=1S/C10H5FN4O/c11-6-1-2-7(12-5-6)8-3-4-9-13-14-10(16)15(8)9/h1-5H. The molecule has 0 saturated heterocycles. The van der Waals surface area contributed by atoms with Crippen molar-refractivity contribution in [2.75, 3.05) is 0 Å². The van der Waals surface area contributed by atoms with Gasteiger partial charge in [0, 0.05) is 0 Å². The minimum atomic E-state index is -0.457. The van der Waals surface area contributed by atoms with Crippen LogP contribution in [0.15, 0.2) is 40.7 Å². The van der Waals surface area contributed by atoms with Gasteiger partial charge in [0.25, 0.3) is 0 Å². The van der Waals surface area contributed by atoms with Crippen molar-refractivity contribution in [2.24, 2.45) is 10.2 Å². The number of rotatable bonds is 1. The smallest absolute Gasteiger partial charge is 0.252 e. The summed E-state index contributed by atoms with van der Waals surface area (Å²) in [5.74, 6) is 0.0452. The maximum Gasteiger partial charge on any atom is 0.372 e. The maximum absolute atomic E-state index is 12.7. The first-order chi connectivity index (χ1) is 7.75. The first kappa shape index (κ1) is 8.90. The minimum Gasteiger partial charge on any atom is -0.252 e. The molecule has 2 aromatic heterocycles. The molecular formula is C10H5FN4O. The van der Waals surface area contributed by atoms with Gasteiger partial charge in [-0.15, -0.1) is 5.11 Å². The lowest BCUT2D eigenvalue weighted by atomic mass is 10.3. The number of carbonyl (C=O) groups is 1. The molecule has 0 N–H and O–H groups in total. The summed E-state index contributed by atoms with van der Waals surface area (Å²) in [6.07, 6.45) is 1.10. The molecule has 0 fully saturated rings. The van der Waals surface area contributed by atoms with Gasteiger partial charge in [-0.1, -0.05) is 5.11 Å². The van der Waals surface area contributed by atoms with Crippen LogP contribution in [-0.4, -0.2) is 15.6 Å². The van der Waals surface area contributed by atoms with Crippen LogP contribution in [0.4, 0.5) is 15.0 Å². The minimum absolute atomic E-state index is 0.419. The van der Waals surface area contributed by atoms with E-state index < -0.39 is 11.8 Å². The van der Waals surface area contributed by atoms with Crippen molar-refractivity contribution in [2.45, 2.75) is 0 Å². The number of hydrogen-bond donors (Lipinski definition) is 0. The number of carbonyl (C=O) groups excluding carboxylic acids is 1. The number of azo groups is 1. The van der Waals surface area contributed by atoms with Gasteiger partial charge in [0.15, 0.2) is 5.82 Å². The number of pyridine rings is 1. The average Bonchev–Trinajstić information content (AvgIpc) is 2.84. The molecule has 0 bridgehead atoms. The van der Waals surface area contributed by atoms with Crippen molar-refractivity contribution < 1.29 is 9.18 Å². The zero-order valence-corrected chi connectivity index (χ0v) is 7.96. The summed E-state index contributed by atoms with van der Waals surface area (Å²) >= 11 is 0. The number of fused-ring (bicyclic) bond motifs is 1. The number of aromatic nitrogens is 2. The molecule has 16 heavy (non-hydrogen) atoms. The summed E-state index contributed by atoms with van der Waals surface area (Å²) in [5, 5.41) is 7.10. The zero-order chi connectivity index (χ0) is 11.1. The van der Waals surface area contributed by atoms with Crippen molar-refractivity contribution in [1.82, 2.24) is 9.55 Å². The molecule has 0 aliphatic carbocycles. The molecule has 78 valence electrons. The van der Waals surface area contributed by atoms with Crippen molar-refractivity contribution in [3.05, 3.63) is 36.3 Å². The van der Waals surface area contributed by atoms with E-state index in [0.717, 1.165) is 6.20 Å². The molecule has 0 saturated carbocycles. The van der Waals surface area contributed by atoms with E-state index in [1.165, 1.54) is 16.7 Å². The number of halogens is 1. The first-order valence-electron chi connectivity index (χ1n) is 4.55. The van der Waals surface area contributed by atoms with Gasteiger partial charge < -0.3 is 0 Å². The van der Waals surface area contributed by atoms with Crippen LogP contribution < -0.4 is 0 Å². The van der Waals surface area contributed by atoms with Gasteiger partial charge in [0.1, 0.15) is 5.82 Å². The molecule has 0 spiro atoms. The van der Waals surface area contributed by atoms with Crippen molar-refractivity contribution in [3.63, 3.8) is 0 Å². The van der Waals surface area contributed by atoms with Crippen molar-refractivity contribution >= 4 is 11.8 Å². The summed E-state index contributed by atoms with van der Waals surface area (Å²) in [4.78, 5) is 15.3. The van der Waals surface area contributed by atoms with Gasteiger partial charge in [-0.05, 0) is 24.3 Å². The molecule has 1 aliphatic rings. The van der Waals surface area contributed by atoms with Crippen LogP contribution in [0, 0.1) is 5.82 Å². The molecule has 2 aromatic rings. The van der Waals surface area contributed by atoms with Crippen molar-refractivity contribution in [1.29, 1.82) is 0 Å². The zero-order valence-electron chi connectivity index (χ0n) is 7.96. The molecule has 3 rings (SSSR count). The fourth-order valence-corrected chi connectivity index (χ4v) is 1.57. The Morgan fingerprint density at radius 3 is 2.75 bits per heavy atom. The van der Waals surface area contributed by atoms with Crippen LogP contribution in [-0.2, 0) is 0 Å². The summed E-state index contributed by atoms with van der Waals surface area (Å²) in [6.45, 7) is 0. The van der Waals surface area contributed by atoms with Gasteiger partial charge in [-0.3, -0.25) is 4.98 Å². The molecule has 0 unspecified atom stereocenters. The highest BCUT2D eigenvalue weighted by atomic mass is 19.1. The molecule has 0 aromatic carbocycles. The molecule has 6 heteroatoms. The highest BCUT2D eigenvalue weighted by Crippen LogP contribution is 2.29. The third-order valence-electron chi connectivity index (χ3n) is 2.28.